The maximum atomic E-state index is 5.79. The second kappa shape index (κ2) is 5.13. The smallest absolute Gasteiger partial charge is 0.165 e. The minimum Gasteiger partial charge on any atom is -0.382 e. The Morgan fingerprint density at radius 2 is 2.21 bits per heavy atom. The predicted octanol–water partition coefficient (Wildman–Crippen LogP) is 1.93. The number of hydrogen-bond acceptors (Lipinski definition) is 5. The summed E-state index contributed by atoms with van der Waals surface area (Å²) in [7, 11) is 0. The van der Waals surface area contributed by atoms with Crippen LogP contribution in [-0.2, 0) is 4.74 Å². The third-order valence-electron chi connectivity index (χ3n) is 3.70. The van der Waals surface area contributed by atoms with Gasteiger partial charge in [0.05, 0.1) is 12.4 Å². The molecule has 1 saturated carbocycles. The van der Waals surface area contributed by atoms with Gasteiger partial charge in [0, 0.05) is 12.6 Å². The quantitative estimate of drug-likeness (QED) is 0.832. The zero-order valence-electron chi connectivity index (χ0n) is 11.1. The summed E-state index contributed by atoms with van der Waals surface area (Å²) < 4.78 is 7.88. The van der Waals surface area contributed by atoms with Gasteiger partial charge in [-0.25, -0.2) is 15.0 Å². The lowest BCUT2D eigenvalue weighted by Crippen LogP contribution is -2.33. The average Bonchev–Trinajstić information content (AvgIpc) is 2.77. The lowest BCUT2D eigenvalue weighted by atomic mass is 9.89. The molecule has 2 heterocycles. The van der Waals surface area contributed by atoms with Crippen molar-refractivity contribution in [1.29, 1.82) is 0 Å². The van der Waals surface area contributed by atoms with Gasteiger partial charge in [-0.1, -0.05) is 13.3 Å². The maximum Gasteiger partial charge on any atom is 0.165 e. The van der Waals surface area contributed by atoms with Crippen molar-refractivity contribution in [2.24, 2.45) is 0 Å². The first-order valence-electron chi connectivity index (χ1n) is 6.84. The van der Waals surface area contributed by atoms with E-state index in [1.54, 1.807) is 0 Å². The third-order valence-corrected chi connectivity index (χ3v) is 3.70. The van der Waals surface area contributed by atoms with Gasteiger partial charge in [-0.2, -0.15) is 0 Å². The highest BCUT2D eigenvalue weighted by molar-refractivity contribution is 5.81. The van der Waals surface area contributed by atoms with Gasteiger partial charge >= 0.3 is 0 Å². The first-order chi connectivity index (χ1) is 9.29. The van der Waals surface area contributed by atoms with Crippen molar-refractivity contribution in [1.82, 2.24) is 19.5 Å². The summed E-state index contributed by atoms with van der Waals surface area (Å²) in [4.78, 5) is 12.5. The molecule has 2 aromatic rings. The van der Waals surface area contributed by atoms with Crippen LogP contribution in [0.25, 0.3) is 11.2 Å². The van der Waals surface area contributed by atoms with Gasteiger partial charge in [0.2, 0.25) is 0 Å². The highest BCUT2D eigenvalue weighted by atomic mass is 16.5. The van der Waals surface area contributed by atoms with Crippen LogP contribution in [0.4, 0.5) is 5.82 Å². The molecule has 6 nitrogen and oxygen atoms in total. The topological polar surface area (TPSA) is 78.9 Å². The Kier molecular flexibility index (Phi) is 3.33. The molecule has 0 aliphatic heterocycles. The van der Waals surface area contributed by atoms with Crippen LogP contribution >= 0.6 is 0 Å². The minimum atomic E-state index is 0.383. The number of nitrogens with two attached hydrogens (primary N) is 1. The van der Waals surface area contributed by atoms with E-state index >= 15 is 0 Å². The van der Waals surface area contributed by atoms with Crippen molar-refractivity contribution in [3.63, 3.8) is 0 Å². The SMILES string of the molecule is CCCCOC1CC(n2cnc3c(N)ncnc32)C1. The van der Waals surface area contributed by atoms with E-state index in [0.717, 1.165) is 31.5 Å². The Labute approximate surface area is 112 Å². The highest BCUT2D eigenvalue weighted by Gasteiger charge is 2.32. The predicted molar refractivity (Wildman–Crippen MR) is 72.7 cm³/mol. The van der Waals surface area contributed by atoms with Crippen molar-refractivity contribution in [3.05, 3.63) is 12.7 Å². The van der Waals surface area contributed by atoms with Crippen LogP contribution in [0.5, 0.6) is 0 Å². The van der Waals surface area contributed by atoms with Gasteiger partial charge in [0.25, 0.3) is 0 Å². The number of ether oxygens (including phenoxy) is 1. The van der Waals surface area contributed by atoms with Gasteiger partial charge in [0.1, 0.15) is 11.8 Å². The van der Waals surface area contributed by atoms with Gasteiger partial charge in [-0.15, -0.1) is 0 Å². The minimum absolute atomic E-state index is 0.383. The number of rotatable bonds is 5. The number of nitrogen functional groups attached to an aromatic ring is 1. The number of hydrogen-bond donors (Lipinski definition) is 1. The molecule has 0 aromatic carbocycles. The molecular formula is C13H19N5O. The van der Waals surface area contributed by atoms with Crippen molar-refractivity contribution >= 4 is 17.0 Å². The van der Waals surface area contributed by atoms with Crippen molar-refractivity contribution in [2.75, 3.05) is 12.3 Å². The normalized spacial score (nSPS) is 22.6. The number of unbranched alkanes of at least 4 members (excludes halogenated alkanes) is 1. The molecule has 0 saturated heterocycles. The molecule has 2 N–H and O–H groups in total. The first kappa shape index (κ1) is 12.3. The molecule has 3 rings (SSSR count). The van der Waals surface area contributed by atoms with E-state index in [2.05, 4.69) is 26.4 Å². The van der Waals surface area contributed by atoms with E-state index in [9.17, 15) is 0 Å². The van der Waals surface area contributed by atoms with Gasteiger partial charge in [-0.05, 0) is 19.3 Å². The summed E-state index contributed by atoms with van der Waals surface area (Å²) >= 11 is 0. The second-order valence-electron chi connectivity index (χ2n) is 5.05. The van der Waals surface area contributed by atoms with Gasteiger partial charge in [-0.3, -0.25) is 0 Å². The largest absolute Gasteiger partial charge is 0.382 e. The molecule has 1 aliphatic carbocycles. The molecule has 102 valence electrons. The molecular weight excluding hydrogens is 242 g/mol. The summed E-state index contributed by atoms with van der Waals surface area (Å²) in [5.74, 6) is 0.443. The third kappa shape index (κ3) is 2.28. The zero-order valence-corrected chi connectivity index (χ0v) is 11.1. The van der Waals surface area contributed by atoms with Crippen LogP contribution in [-0.4, -0.2) is 32.2 Å². The van der Waals surface area contributed by atoms with Gasteiger partial charge < -0.3 is 15.0 Å². The lowest BCUT2D eigenvalue weighted by molar-refractivity contribution is -0.0260. The Hall–Kier alpha value is -1.69. The molecule has 19 heavy (non-hydrogen) atoms. The monoisotopic (exact) mass is 261 g/mol. The number of imidazole rings is 1. The van der Waals surface area contributed by atoms with E-state index in [1.165, 1.54) is 12.7 Å². The molecule has 1 aliphatic rings. The summed E-state index contributed by atoms with van der Waals surface area (Å²) in [6.45, 7) is 3.04. The van der Waals surface area contributed by atoms with Crippen LogP contribution in [0.3, 0.4) is 0 Å². The van der Waals surface area contributed by atoms with Crippen LogP contribution in [0.15, 0.2) is 12.7 Å². The average molecular weight is 261 g/mol. The molecule has 0 spiro atoms. The van der Waals surface area contributed by atoms with Crippen LogP contribution in [0.1, 0.15) is 38.6 Å². The molecule has 0 amide bonds. The molecule has 0 bridgehead atoms. The summed E-state index contributed by atoms with van der Waals surface area (Å²) in [5, 5.41) is 0. The molecule has 2 aromatic heterocycles. The van der Waals surface area contributed by atoms with Crippen molar-refractivity contribution in [3.8, 4) is 0 Å². The summed E-state index contributed by atoms with van der Waals surface area (Å²) in [5.41, 5.74) is 7.30. The van der Waals surface area contributed by atoms with E-state index in [4.69, 9.17) is 10.5 Å². The van der Waals surface area contributed by atoms with Crippen LogP contribution < -0.4 is 5.73 Å². The summed E-state index contributed by atoms with van der Waals surface area (Å²) in [6, 6.07) is 0.422. The zero-order chi connectivity index (χ0) is 13.2. The Morgan fingerprint density at radius 1 is 1.37 bits per heavy atom. The Balaban J connectivity index is 1.66. The van der Waals surface area contributed by atoms with E-state index in [-0.39, 0.29) is 0 Å². The van der Waals surface area contributed by atoms with E-state index in [0.29, 0.717) is 23.5 Å². The van der Waals surface area contributed by atoms with Crippen molar-refractivity contribution in [2.45, 2.75) is 44.8 Å². The Bertz CT molecular complexity index is 561. The van der Waals surface area contributed by atoms with Crippen LogP contribution in [0, 0.1) is 0 Å². The molecule has 0 radical (unpaired) electrons. The van der Waals surface area contributed by atoms with Crippen molar-refractivity contribution < 1.29 is 4.74 Å². The lowest BCUT2D eigenvalue weighted by Gasteiger charge is -2.36. The molecule has 0 atom stereocenters. The number of aromatic nitrogens is 4. The fraction of sp³-hybridized carbons (Fsp3) is 0.615. The van der Waals surface area contributed by atoms with E-state index < -0.39 is 0 Å². The van der Waals surface area contributed by atoms with E-state index in [1.807, 2.05) is 6.33 Å². The van der Waals surface area contributed by atoms with Gasteiger partial charge in [0.15, 0.2) is 11.5 Å². The first-order valence-corrected chi connectivity index (χ1v) is 6.84. The standard InChI is InChI=1S/C13H19N5O/c1-2-3-4-19-10-5-9(6-10)18-8-17-11-12(14)15-7-16-13(11)18/h7-10H,2-6H2,1H3,(H2,14,15,16). The highest BCUT2D eigenvalue weighted by Crippen LogP contribution is 2.36. The summed E-state index contributed by atoms with van der Waals surface area (Å²) in [6.07, 6.45) is 8.05. The van der Waals surface area contributed by atoms with Crippen LogP contribution in [0.2, 0.25) is 0 Å². The molecule has 0 unspecified atom stereocenters. The second-order valence-corrected chi connectivity index (χ2v) is 5.05. The Morgan fingerprint density at radius 3 is 3.00 bits per heavy atom. The number of fused-ring (bicyclic) bond motifs is 1. The number of anilines is 1. The fourth-order valence-corrected chi connectivity index (χ4v) is 2.43. The molecule has 1 fully saturated rings. The number of nitrogens with zero attached hydrogens (tertiary/aromatic N) is 4. The molecule has 6 heteroatoms. The maximum absolute atomic E-state index is 5.79. The fourth-order valence-electron chi connectivity index (χ4n) is 2.43.